The molecule has 9 nitrogen and oxygen atoms in total. The Hall–Kier alpha value is -1.13. The van der Waals surface area contributed by atoms with Crippen molar-refractivity contribution in [3.8, 4) is 0 Å². The average Bonchev–Trinajstić information content (AvgIpc) is 2.53. The fraction of sp³-hybridized carbons (Fsp3) is 0.923. The van der Waals surface area contributed by atoms with Crippen molar-refractivity contribution in [2.45, 2.75) is 30.4 Å². The Kier molecular flexibility index (Phi) is 11.3. The molecular weight excluding hydrogens is 425 g/mol. The minimum Gasteiger partial charge on any atom is -0.743 e. The fourth-order valence-corrected chi connectivity index (χ4v) is 2.32. The quantitative estimate of drug-likeness (QED) is 0.159. The van der Waals surface area contributed by atoms with Crippen LogP contribution in [0.5, 0.6) is 0 Å². The first-order chi connectivity index (χ1) is 12.8. The third-order valence-electron chi connectivity index (χ3n) is 3.24. The van der Waals surface area contributed by atoms with Gasteiger partial charge < -0.3 is 24.2 Å². The topological polar surface area (TPSA) is 136 Å². The SMILES string of the molecule is O=C(CCCOCCN(CCO)CCO)OC(C(F)(F)F)C(F)(F)S(=O)(=O)[O-]. The highest BCUT2D eigenvalue weighted by molar-refractivity contribution is 7.86. The van der Waals surface area contributed by atoms with Gasteiger partial charge in [-0.25, -0.2) is 8.42 Å². The van der Waals surface area contributed by atoms with Gasteiger partial charge in [-0.2, -0.15) is 22.0 Å². The molecule has 0 amide bonds. The van der Waals surface area contributed by atoms with Crippen LogP contribution >= 0.6 is 0 Å². The highest BCUT2D eigenvalue weighted by atomic mass is 32.2. The standard InChI is InChI=1S/C13H22F5NO8S/c14-12(15,16)11(13(17,18)28(23,24)25)27-10(22)2-1-8-26-9-5-19(3-6-20)4-7-21/h11,20-21H,1-9H2,(H,23,24,25)/p-1. The fourth-order valence-electron chi connectivity index (χ4n) is 1.88. The Labute approximate surface area is 157 Å². The number of hydrogen-bond donors (Lipinski definition) is 2. The molecule has 0 spiro atoms. The molecule has 0 saturated carbocycles. The Bertz CT molecular complexity index is 566. The summed E-state index contributed by atoms with van der Waals surface area (Å²) >= 11 is 0. The molecule has 0 radical (unpaired) electrons. The molecule has 0 bridgehead atoms. The summed E-state index contributed by atoms with van der Waals surface area (Å²) in [5.41, 5.74) is 0. The monoisotopic (exact) mass is 446 g/mol. The van der Waals surface area contributed by atoms with Gasteiger partial charge >= 0.3 is 17.4 Å². The van der Waals surface area contributed by atoms with Gasteiger partial charge in [0.1, 0.15) is 0 Å². The number of carbonyl (C=O) groups excluding carboxylic acids is 1. The molecule has 0 aliphatic heterocycles. The summed E-state index contributed by atoms with van der Waals surface area (Å²) in [7, 11) is -6.73. The van der Waals surface area contributed by atoms with E-state index < -0.39 is 40.0 Å². The third kappa shape index (κ3) is 9.38. The summed E-state index contributed by atoms with van der Waals surface area (Å²) in [6, 6.07) is 0. The maximum Gasteiger partial charge on any atom is 0.432 e. The zero-order valence-corrected chi connectivity index (χ0v) is 15.3. The second-order valence-corrected chi connectivity index (χ2v) is 6.88. The number of alkyl halides is 5. The number of aliphatic hydroxyl groups excluding tert-OH is 2. The lowest BCUT2D eigenvalue weighted by Crippen LogP contribution is -2.52. The molecule has 1 unspecified atom stereocenters. The van der Waals surface area contributed by atoms with Gasteiger partial charge in [0.25, 0.3) is 6.10 Å². The molecule has 0 heterocycles. The summed E-state index contributed by atoms with van der Waals surface area (Å²) in [5, 5.41) is 11.7. The zero-order chi connectivity index (χ0) is 22.0. The lowest BCUT2D eigenvalue weighted by atomic mass is 10.3. The van der Waals surface area contributed by atoms with E-state index in [0.29, 0.717) is 6.54 Å². The van der Waals surface area contributed by atoms with Gasteiger partial charge in [0.2, 0.25) is 0 Å². The van der Waals surface area contributed by atoms with Gasteiger partial charge in [0.05, 0.1) is 19.8 Å². The largest absolute Gasteiger partial charge is 0.743 e. The van der Waals surface area contributed by atoms with E-state index in [4.69, 9.17) is 14.9 Å². The van der Waals surface area contributed by atoms with Crippen LogP contribution in [0.4, 0.5) is 22.0 Å². The van der Waals surface area contributed by atoms with E-state index in [1.807, 2.05) is 0 Å². The lowest BCUT2D eigenvalue weighted by Gasteiger charge is -2.29. The Morgan fingerprint density at radius 3 is 2.00 bits per heavy atom. The number of ether oxygens (including phenoxy) is 2. The summed E-state index contributed by atoms with van der Waals surface area (Å²) in [6.07, 6.45) is -11.4. The first-order valence-electron chi connectivity index (χ1n) is 7.88. The van der Waals surface area contributed by atoms with E-state index in [1.165, 1.54) is 0 Å². The number of rotatable bonds is 14. The van der Waals surface area contributed by atoms with Crippen molar-refractivity contribution in [1.29, 1.82) is 0 Å². The summed E-state index contributed by atoms with van der Waals surface area (Å²) in [6.45, 7) is 0.458. The average molecular weight is 446 g/mol. The van der Waals surface area contributed by atoms with Crippen molar-refractivity contribution in [3.63, 3.8) is 0 Å². The highest BCUT2D eigenvalue weighted by Crippen LogP contribution is 2.38. The predicted molar refractivity (Wildman–Crippen MR) is 81.2 cm³/mol. The van der Waals surface area contributed by atoms with Crippen LogP contribution in [0, 0.1) is 0 Å². The molecule has 0 aliphatic carbocycles. The van der Waals surface area contributed by atoms with Crippen molar-refractivity contribution >= 4 is 16.1 Å². The first kappa shape index (κ1) is 26.9. The van der Waals surface area contributed by atoms with Crippen molar-refractivity contribution in [3.05, 3.63) is 0 Å². The van der Waals surface area contributed by atoms with E-state index in [2.05, 4.69) is 4.74 Å². The molecule has 0 aliphatic rings. The molecule has 1 atom stereocenters. The maximum absolute atomic E-state index is 13.2. The normalized spacial score (nSPS) is 14.3. The summed E-state index contributed by atoms with van der Waals surface area (Å²) in [5.74, 6) is -1.78. The van der Waals surface area contributed by atoms with Gasteiger partial charge in [-0.1, -0.05) is 0 Å². The number of carbonyl (C=O) groups is 1. The molecule has 0 fully saturated rings. The van der Waals surface area contributed by atoms with E-state index in [-0.39, 0.29) is 45.9 Å². The second-order valence-electron chi connectivity index (χ2n) is 5.43. The predicted octanol–water partition coefficient (Wildman–Crippen LogP) is -0.318. The summed E-state index contributed by atoms with van der Waals surface area (Å²) in [4.78, 5) is 13.0. The van der Waals surface area contributed by atoms with E-state index in [1.54, 1.807) is 4.90 Å². The van der Waals surface area contributed by atoms with Crippen LogP contribution in [0.3, 0.4) is 0 Å². The first-order valence-corrected chi connectivity index (χ1v) is 9.29. The third-order valence-corrected chi connectivity index (χ3v) is 4.12. The molecule has 168 valence electrons. The van der Waals surface area contributed by atoms with Gasteiger partial charge in [-0.3, -0.25) is 9.69 Å². The van der Waals surface area contributed by atoms with E-state index >= 15 is 0 Å². The molecule has 0 saturated heterocycles. The number of aliphatic hydroxyl groups is 2. The minimum absolute atomic E-state index is 0.0900. The second kappa shape index (κ2) is 11.8. The Morgan fingerprint density at radius 1 is 1.04 bits per heavy atom. The maximum atomic E-state index is 13.2. The smallest absolute Gasteiger partial charge is 0.432 e. The number of esters is 1. The number of hydrogen-bond acceptors (Lipinski definition) is 9. The zero-order valence-electron chi connectivity index (χ0n) is 14.5. The van der Waals surface area contributed by atoms with Crippen molar-refractivity contribution in [2.24, 2.45) is 0 Å². The molecule has 0 rings (SSSR count). The minimum atomic E-state index is -6.73. The van der Waals surface area contributed by atoms with Crippen LogP contribution in [0.15, 0.2) is 0 Å². The van der Waals surface area contributed by atoms with Gasteiger partial charge in [-0.05, 0) is 6.42 Å². The van der Waals surface area contributed by atoms with Crippen LogP contribution in [-0.4, -0.2) is 97.6 Å². The van der Waals surface area contributed by atoms with Crippen LogP contribution in [-0.2, 0) is 24.4 Å². The van der Waals surface area contributed by atoms with Crippen LogP contribution in [0.1, 0.15) is 12.8 Å². The highest BCUT2D eigenvalue weighted by Gasteiger charge is 2.62. The Balaban J connectivity index is 4.45. The van der Waals surface area contributed by atoms with Gasteiger partial charge in [0, 0.05) is 32.7 Å². The van der Waals surface area contributed by atoms with Crippen molar-refractivity contribution in [2.75, 3.05) is 46.1 Å². The molecule has 0 aromatic heterocycles. The molecule has 2 N–H and O–H groups in total. The van der Waals surface area contributed by atoms with Crippen molar-refractivity contribution in [1.82, 2.24) is 4.90 Å². The van der Waals surface area contributed by atoms with Gasteiger partial charge in [0.15, 0.2) is 10.1 Å². The molecule has 0 aromatic carbocycles. The van der Waals surface area contributed by atoms with Gasteiger partial charge in [-0.15, -0.1) is 0 Å². The Morgan fingerprint density at radius 2 is 1.57 bits per heavy atom. The lowest BCUT2D eigenvalue weighted by molar-refractivity contribution is -0.259. The van der Waals surface area contributed by atoms with E-state index in [9.17, 15) is 39.7 Å². The van der Waals surface area contributed by atoms with Crippen LogP contribution in [0.2, 0.25) is 0 Å². The molecule has 15 heteroatoms. The molecular formula is C13H21F5NO8S-. The van der Waals surface area contributed by atoms with Crippen LogP contribution in [0.25, 0.3) is 0 Å². The van der Waals surface area contributed by atoms with E-state index in [0.717, 1.165) is 0 Å². The van der Waals surface area contributed by atoms with Crippen LogP contribution < -0.4 is 0 Å². The molecule has 0 aromatic rings. The van der Waals surface area contributed by atoms with Crippen molar-refractivity contribution < 1.29 is 59.4 Å². The molecule has 28 heavy (non-hydrogen) atoms. The number of nitrogens with zero attached hydrogens (tertiary/aromatic N) is 1. The summed E-state index contributed by atoms with van der Waals surface area (Å²) < 4.78 is 104. The number of halogens is 5.